The molecule has 0 aliphatic carbocycles. The van der Waals surface area contributed by atoms with E-state index in [0.29, 0.717) is 12.8 Å². The maximum atomic E-state index is 11.3. The summed E-state index contributed by atoms with van der Waals surface area (Å²) in [6.45, 7) is 0.118. The first-order valence-corrected chi connectivity index (χ1v) is 9.55. The molecule has 0 spiro atoms. The molecule has 0 aliphatic heterocycles. The first kappa shape index (κ1) is 22.4. The van der Waals surface area contributed by atoms with Crippen molar-refractivity contribution in [2.24, 2.45) is 0 Å². The number of unbranched alkanes of at least 4 members (excludes halogenated alkanes) is 11. The molecule has 0 unspecified atom stereocenters. The average molecular weight is 338 g/mol. The summed E-state index contributed by atoms with van der Waals surface area (Å²) in [6, 6.07) is 1.91. The van der Waals surface area contributed by atoms with Crippen molar-refractivity contribution in [3.63, 3.8) is 0 Å². The third-order valence-corrected chi connectivity index (χ3v) is 4.20. The van der Waals surface area contributed by atoms with E-state index in [1.54, 1.807) is 7.05 Å². The summed E-state index contributed by atoms with van der Waals surface area (Å²) in [5.74, 6) is 0.143. The molecule has 5 nitrogen and oxygen atoms in total. The minimum Gasteiger partial charge on any atom is -0.359 e. The number of amides is 2. The second-order valence-corrected chi connectivity index (χ2v) is 6.35. The fourth-order valence-electron chi connectivity index (χ4n) is 2.69. The third-order valence-electron chi connectivity index (χ3n) is 4.20. The number of hydrogen-bond acceptors (Lipinski definition) is 3. The van der Waals surface area contributed by atoms with Crippen molar-refractivity contribution < 1.29 is 9.59 Å². The van der Waals surface area contributed by atoms with E-state index in [-0.39, 0.29) is 18.4 Å². The quantitative estimate of drug-likeness (QED) is 0.332. The third kappa shape index (κ3) is 16.8. The van der Waals surface area contributed by atoms with Gasteiger partial charge in [-0.2, -0.15) is 5.26 Å². The van der Waals surface area contributed by atoms with Crippen LogP contribution in [0.2, 0.25) is 0 Å². The fourth-order valence-corrected chi connectivity index (χ4v) is 2.69. The Kier molecular flexibility index (Phi) is 16.6. The van der Waals surface area contributed by atoms with Crippen molar-refractivity contribution in [2.45, 2.75) is 89.9 Å². The lowest BCUT2D eigenvalue weighted by atomic mass is 10.0. The topological polar surface area (TPSA) is 82.0 Å². The summed E-state index contributed by atoms with van der Waals surface area (Å²) >= 11 is 0. The number of nitriles is 1. The molecule has 0 radical (unpaired) electrons. The van der Waals surface area contributed by atoms with Gasteiger partial charge in [-0.3, -0.25) is 9.59 Å². The molecule has 0 bridgehead atoms. The van der Waals surface area contributed by atoms with Gasteiger partial charge in [-0.1, -0.05) is 64.2 Å². The summed E-state index contributed by atoms with van der Waals surface area (Å²) in [4.78, 5) is 22.3. The summed E-state index contributed by atoms with van der Waals surface area (Å²) in [5, 5.41) is 13.6. The summed E-state index contributed by atoms with van der Waals surface area (Å²) < 4.78 is 0. The standard InChI is InChI=1S/C19H35N3O2/c1-21-18(23)14-12-10-8-6-4-2-3-5-7-9-11-13-15-19(24)22-17-16-20/h2-15,17H2,1H3,(H,21,23)(H,22,24). The van der Waals surface area contributed by atoms with E-state index in [2.05, 4.69) is 10.6 Å². The molecule has 0 aliphatic rings. The molecule has 0 aromatic rings. The van der Waals surface area contributed by atoms with Crippen LogP contribution in [0.3, 0.4) is 0 Å². The SMILES string of the molecule is CNC(=O)CCCCCCCCCCCCCCC(=O)NCC#N. The Morgan fingerprint density at radius 2 is 1.08 bits per heavy atom. The molecule has 0 heterocycles. The molecule has 0 rings (SSSR count). The van der Waals surface area contributed by atoms with Crippen LogP contribution in [0.1, 0.15) is 89.9 Å². The highest BCUT2D eigenvalue weighted by molar-refractivity contribution is 5.76. The van der Waals surface area contributed by atoms with Gasteiger partial charge < -0.3 is 10.6 Å². The van der Waals surface area contributed by atoms with Crippen molar-refractivity contribution in [2.75, 3.05) is 13.6 Å². The highest BCUT2D eigenvalue weighted by Gasteiger charge is 2.00. The lowest BCUT2D eigenvalue weighted by Crippen LogP contribution is -2.22. The predicted octanol–water partition coefficient (Wildman–Crippen LogP) is 3.83. The van der Waals surface area contributed by atoms with E-state index in [4.69, 9.17) is 5.26 Å². The van der Waals surface area contributed by atoms with Crippen LogP contribution in [0.5, 0.6) is 0 Å². The minimum absolute atomic E-state index is 0.00752. The summed E-state index contributed by atoms with van der Waals surface area (Å²) in [7, 11) is 1.69. The van der Waals surface area contributed by atoms with Gasteiger partial charge in [0, 0.05) is 19.9 Å². The molecule has 0 saturated carbocycles. The Hall–Kier alpha value is -1.57. The van der Waals surface area contributed by atoms with Gasteiger partial charge in [-0.25, -0.2) is 0 Å². The van der Waals surface area contributed by atoms with Crippen molar-refractivity contribution in [3.05, 3.63) is 0 Å². The Balaban J connectivity index is 3.11. The Morgan fingerprint density at radius 1 is 0.708 bits per heavy atom. The van der Waals surface area contributed by atoms with Crippen molar-refractivity contribution in [3.8, 4) is 6.07 Å². The van der Waals surface area contributed by atoms with Gasteiger partial charge in [0.2, 0.25) is 11.8 Å². The molecule has 138 valence electrons. The maximum Gasteiger partial charge on any atom is 0.220 e. The molecule has 0 fully saturated rings. The molecule has 2 amide bonds. The first-order valence-electron chi connectivity index (χ1n) is 9.55. The van der Waals surface area contributed by atoms with E-state index in [9.17, 15) is 9.59 Å². The number of nitrogens with zero attached hydrogens (tertiary/aromatic N) is 1. The number of rotatable bonds is 16. The Morgan fingerprint density at radius 3 is 1.46 bits per heavy atom. The molecule has 0 aromatic carbocycles. The molecular weight excluding hydrogens is 302 g/mol. The lowest BCUT2D eigenvalue weighted by Gasteiger charge is -2.03. The minimum atomic E-state index is -0.00752. The normalized spacial score (nSPS) is 10.2. The van der Waals surface area contributed by atoms with Gasteiger partial charge >= 0.3 is 0 Å². The van der Waals surface area contributed by atoms with Crippen LogP contribution in [-0.2, 0) is 9.59 Å². The van der Waals surface area contributed by atoms with Gasteiger partial charge in [0.1, 0.15) is 6.54 Å². The van der Waals surface area contributed by atoms with Gasteiger partial charge in [0.05, 0.1) is 6.07 Å². The zero-order valence-electron chi connectivity index (χ0n) is 15.4. The van der Waals surface area contributed by atoms with Gasteiger partial charge in [-0.15, -0.1) is 0 Å². The van der Waals surface area contributed by atoms with Crippen LogP contribution in [0.25, 0.3) is 0 Å². The van der Waals surface area contributed by atoms with Crippen LogP contribution in [0, 0.1) is 11.3 Å². The zero-order valence-corrected chi connectivity index (χ0v) is 15.4. The van der Waals surface area contributed by atoms with Gasteiger partial charge in [0.15, 0.2) is 0 Å². The van der Waals surface area contributed by atoms with Crippen LogP contribution in [0.4, 0.5) is 0 Å². The molecular formula is C19H35N3O2. The van der Waals surface area contributed by atoms with Crippen molar-refractivity contribution in [1.82, 2.24) is 10.6 Å². The number of nitrogens with one attached hydrogen (secondary N) is 2. The van der Waals surface area contributed by atoms with E-state index >= 15 is 0 Å². The predicted molar refractivity (Wildman–Crippen MR) is 97.3 cm³/mol. The molecule has 5 heteroatoms. The molecule has 0 saturated heterocycles. The van der Waals surface area contributed by atoms with Gasteiger partial charge in [0.25, 0.3) is 0 Å². The smallest absolute Gasteiger partial charge is 0.220 e. The molecule has 2 N–H and O–H groups in total. The van der Waals surface area contributed by atoms with E-state index < -0.39 is 0 Å². The van der Waals surface area contributed by atoms with E-state index in [0.717, 1.165) is 25.7 Å². The van der Waals surface area contributed by atoms with Crippen LogP contribution < -0.4 is 10.6 Å². The Bertz CT molecular complexity index is 364. The van der Waals surface area contributed by atoms with Crippen molar-refractivity contribution in [1.29, 1.82) is 5.26 Å². The number of carbonyl (C=O) groups is 2. The molecule has 24 heavy (non-hydrogen) atoms. The first-order chi connectivity index (χ1) is 11.7. The average Bonchev–Trinajstić information content (AvgIpc) is 2.59. The number of carbonyl (C=O) groups excluding carboxylic acids is 2. The maximum absolute atomic E-state index is 11.3. The summed E-state index contributed by atoms with van der Waals surface area (Å²) in [5.41, 5.74) is 0. The second-order valence-electron chi connectivity index (χ2n) is 6.35. The van der Waals surface area contributed by atoms with Crippen LogP contribution in [-0.4, -0.2) is 25.4 Å². The molecule has 0 aromatic heterocycles. The number of hydrogen-bond donors (Lipinski definition) is 2. The highest BCUT2D eigenvalue weighted by Crippen LogP contribution is 2.12. The van der Waals surface area contributed by atoms with E-state index in [1.165, 1.54) is 51.4 Å². The lowest BCUT2D eigenvalue weighted by molar-refractivity contribution is -0.121. The fraction of sp³-hybridized carbons (Fsp3) is 0.842. The second kappa shape index (κ2) is 17.8. The highest BCUT2D eigenvalue weighted by atomic mass is 16.2. The monoisotopic (exact) mass is 337 g/mol. The van der Waals surface area contributed by atoms with Crippen molar-refractivity contribution >= 4 is 11.8 Å². The molecule has 0 atom stereocenters. The van der Waals surface area contributed by atoms with Gasteiger partial charge in [-0.05, 0) is 12.8 Å². The largest absolute Gasteiger partial charge is 0.359 e. The van der Waals surface area contributed by atoms with E-state index in [1.807, 2.05) is 6.07 Å². The summed E-state index contributed by atoms with van der Waals surface area (Å²) in [6.07, 6.45) is 15.6. The van der Waals surface area contributed by atoms with Crippen LogP contribution in [0.15, 0.2) is 0 Å². The Labute approximate surface area is 147 Å². The zero-order chi connectivity index (χ0) is 17.9. The van der Waals surface area contributed by atoms with Crippen LogP contribution >= 0.6 is 0 Å².